The second-order valence-electron chi connectivity index (χ2n) is 6.19. The van der Waals surface area contributed by atoms with Crippen LogP contribution in [0.25, 0.3) is 11.1 Å². The first-order valence-corrected chi connectivity index (χ1v) is 10.4. The highest BCUT2D eigenvalue weighted by atomic mass is 28.3. The van der Waals surface area contributed by atoms with Gasteiger partial charge in [0.25, 0.3) is 0 Å². The average Bonchev–Trinajstić information content (AvgIpc) is 2.81. The van der Waals surface area contributed by atoms with Crippen molar-refractivity contribution in [1.29, 1.82) is 0 Å². The van der Waals surface area contributed by atoms with Crippen LogP contribution in [0.15, 0.2) is 22.7 Å². The molecule has 2 aromatic rings. The summed E-state index contributed by atoms with van der Waals surface area (Å²) in [6.07, 6.45) is 1.93. The Hall–Kier alpha value is -2.15. The minimum Gasteiger partial charge on any atom is -0.464 e. The first kappa shape index (κ1) is 13.8. The fourth-order valence-electron chi connectivity index (χ4n) is 2.23. The lowest BCUT2D eigenvalue weighted by molar-refractivity contribution is -0.120. The number of rotatable bonds is 2. The topological polar surface area (TPSA) is 75.4 Å². The normalized spacial score (nSPS) is 16.4. The summed E-state index contributed by atoms with van der Waals surface area (Å²) in [5, 5.41) is 3.29. The molecule has 1 aliphatic heterocycles. The van der Waals surface area contributed by atoms with Gasteiger partial charge < -0.3 is 4.42 Å². The van der Waals surface area contributed by atoms with Crippen molar-refractivity contribution in [3.63, 3.8) is 0 Å². The Morgan fingerprint density at radius 3 is 2.71 bits per heavy atom. The average molecular weight is 303 g/mol. The van der Waals surface area contributed by atoms with Crippen LogP contribution in [0.2, 0.25) is 19.6 Å². The molecule has 1 saturated heterocycles. The van der Waals surface area contributed by atoms with Gasteiger partial charge >= 0.3 is 6.03 Å². The Labute approximate surface area is 123 Å². The number of anilines is 1. The third-order valence-corrected chi connectivity index (χ3v) is 5.18. The van der Waals surface area contributed by atoms with E-state index < -0.39 is 14.1 Å². The summed E-state index contributed by atoms with van der Waals surface area (Å²) in [5.41, 5.74) is 2.11. The summed E-state index contributed by atoms with van der Waals surface area (Å²) in [7, 11) is -1.54. The van der Waals surface area contributed by atoms with Gasteiger partial charge in [-0.05, 0) is 0 Å². The number of carbonyl (C=O) groups excluding carboxylic acids is 2. The summed E-state index contributed by atoms with van der Waals surface area (Å²) in [6, 6.07) is 3.37. The molecule has 0 aromatic carbocycles. The third-order valence-electron chi connectivity index (χ3n) is 3.46. The van der Waals surface area contributed by atoms with Gasteiger partial charge in [-0.2, -0.15) is 0 Å². The highest BCUT2D eigenvalue weighted by Crippen LogP contribution is 2.22. The van der Waals surface area contributed by atoms with Crippen LogP contribution in [0.4, 0.5) is 10.5 Å². The first-order valence-electron chi connectivity index (χ1n) is 6.86. The predicted molar refractivity (Wildman–Crippen MR) is 82.5 cm³/mol. The molecule has 110 valence electrons. The molecule has 1 aliphatic rings. The standard InChI is InChI=1S/C14H17N3O3Si/c1-21(2,3)13-7-10-11(20-13)6-9(8-15-10)17-5-4-12(18)16-14(17)19/h6-8H,4-5H2,1-3H3,(H,16,18,19). The number of aromatic nitrogens is 1. The molecule has 0 atom stereocenters. The lowest BCUT2D eigenvalue weighted by Crippen LogP contribution is -2.49. The van der Waals surface area contributed by atoms with Crippen LogP contribution in [0.5, 0.6) is 0 Å². The zero-order chi connectivity index (χ0) is 15.2. The van der Waals surface area contributed by atoms with E-state index in [-0.39, 0.29) is 5.91 Å². The van der Waals surface area contributed by atoms with E-state index in [1.54, 1.807) is 12.3 Å². The maximum Gasteiger partial charge on any atom is 0.328 e. The number of pyridine rings is 1. The van der Waals surface area contributed by atoms with Crippen LogP contribution in [-0.4, -0.2) is 31.5 Å². The van der Waals surface area contributed by atoms with E-state index in [0.717, 1.165) is 10.9 Å². The first-order chi connectivity index (χ1) is 9.84. The number of amides is 3. The maximum absolute atomic E-state index is 11.8. The smallest absolute Gasteiger partial charge is 0.328 e. The Morgan fingerprint density at radius 2 is 2.05 bits per heavy atom. The van der Waals surface area contributed by atoms with Gasteiger partial charge in [0.05, 0.1) is 17.3 Å². The molecule has 3 amide bonds. The zero-order valence-corrected chi connectivity index (χ0v) is 13.3. The van der Waals surface area contributed by atoms with Crippen LogP contribution in [0.1, 0.15) is 6.42 Å². The number of fused-ring (bicyclic) bond motifs is 1. The molecule has 0 unspecified atom stereocenters. The van der Waals surface area contributed by atoms with E-state index >= 15 is 0 Å². The molecule has 6 nitrogen and oxygen atoms in total. The van der Waals surface area contributed by atoms with E-state index in [0.29, 0.717) is 24.2 Å². The predicted octanol–water partition coefficient (Wildman–Crippen LogP) is 1.82. The van der Waals surface area contributed by atoms with Crippen molar-refractivity contribution >= 4 is 42.2 Å². The van der Waals surface area contributed by atoms with Crippen molar-refractivity contribution in [1.82, 2.24) is 10.3 Å². The molecule has 0 bridgehead atoms. The van der Waals surface area contributed by atoms with Crippen molar-refractivity contribution in [3.05, 3.63) is 18.3 Å². The summed E-state index contributed by atoms with van der Waals surface area (Å²) in [4.78, 5) is 28.9. The van der Waals surface area contributed by atoms with E-state index in [9.17, 15) is 9.59 Å². The Bertz CT molecular complexity index is 733. The molecule has 1 N–H and O–H groups in total. The van der Waals surface area contributed by atoms with Gasteiger partial charge in [-0.25, -0.2) is 4.79 Å². The second kappa shape index (κ2) is 4.69. The Balaban J connectivity index is 1.97. The van der Waals surface area contributed by atoms with Crippen molar-refractivity contribution in [2.45, 2.75) is 26.1 Å². The zero-order valence-electron chi connectivity index (χ0n) is 12.3. The molecule has 7 heteroatoms. The van der Waals surface area contributed by atoms with Crippen LogP contribution >= 0.6 is 0 Å². The molecule has 0 radical (unpaired) electrons. The number of nitrogens with zero attached hydrogens (tertiary/aromatic N) is 2. The molecular weight excluding hydrogens is 286 g/mol. The molecule has 21 heavy (non-hydrogen) atoms. The molecule has 3 heterocycles. The number of imide groups is 1. The second-order valence-corrected chi connectivity index (χ2v) is 11.2. The van der Waals surface area contributed by atoms with Crippen LogP contribution < -0.4 is 15.6 Å². The maximum atomic E-state index is 11.8. The molecular formula is C14H17N3O3Si. The van der Waals surface area contributed by atoms with Crippen LogP contribution in [-0.2, 0) is 4.79 Å². The third kappa shape index (κ3) is 2.56. The summed E-state index contributed by atoms with van der Waals surface area (Å²) < 4.78 is 5.89. The van der Waals surface area contributed by atoms with Crippen molar-refractivity contribution in [3.8, 4) is 0 Å². The van der Waals surface area contributed by atoms with E-state index in [1.165, 1.54) is 4.90 Å². The molecule has 0 spiro atoms. The molecule has 1 fully saturated rings. The highest BCUT2D eigenvalue weighted by molar-refractivity contribution is 6.87. The van der Waals surface area contributed by atoms with Gasteiger partial charge in [0.2, 0.25) is 5.91 Å². The Kier molecular flexibility index (Phi) is 3.09. The van der Waals surface area contributed by atoms with Crippen molar-refractivity contribution in [2.75, 3.05) is 11.4 Å². The SMILES string of the molecule is C[Si](C)(C)c1cc2ncc(N3CCC(=O)NC3=O)cc2o1. The van der Waals surface area contributed by atoms with E-state index in [4.69, 9.17) is 4.42 Å². The minimum absolute atomic E-state index is 0.246. The molecule has 0 aliphatic carbocycles. The summed E-state index contributed by atoms with van der Waals surface area (Å²) in [5.74, 6) is -0.246. The number of furan rings is 1. The molecule has 3 rings (SSSR count). The Morgan fingerprint density at radius 1 is 1.29 bits per heavy atom. The minimum atomic E-state index is -1.54. The van der Waals surface area contributed by atoms with Crippen LogP contribution in [0.3, 0.4) is 0 Å². The lowest BCUT2D eigenvalue weighted by Gasteiger charge is -2.25. The monoisotopic (exact) mass is 303 g/mol. The van der Waals surface area contributed by atoms with Crippen LogP contribution in [0, 0.1) is 0 Å². The number of carbonyl (C=O) groups is 2. The van der Waals surface area contributed by atoms with Gasteiger partial charge in [-0.15, -0.1) is 0 Å². The summed E-state index contributed by atoms with van der Waals surface area (Å²) >= 11 is 0. The molecule has 2 aromatic heterocycles. The van der Waals surface area contributed by atoms with Crippen molar-refractivity contribution in [2.24, 2.45) is 0 Å². The van der Waals surface area contributed by atoms with Gasteiger partial charge in [0, 0.05) is 25.1 Å². The van der Waals surface area contributed by atoms with Gasteiger partial charge in [-0.3, -0.25) is 20.0 Å². The quantitative estimate of drug-likeness (QED) is 0.859. The summed E-state index contributed by atoms with van der Waals surface area (Å²) in [6.45, 7) is 6.97. The fourth-order valence-corrected chi connectivity index (χ4v) is 3.22. The highest BCUT2D eigenvalue weighted by Gasteiger charge is 2.26. The number of hydrogen-bond acceptors (Lipinski definition) is 4. The van der Waals surface area contributed by atoms with Crippen molar-refractivity contribution < 1.29 is 14.0 Å². The number of urea groups is 1. The van der Waals surface area contributed by atoms with E-state index in [1.807, 2.05) is 6.07 Å². The number of hydrogen-bond donors (Lipinski definition) is 1. The fraction of sp³-hybridized carbons (Fsp3) is 0.357. The van der Waals surface area contributed by atoms with Gasteiger partial charge in [-0.1, -0.05) is 19.6 Å². The number of nitrogens with one attached hydrogen (secondary N) is 1. The van der Waals surface area contributed by atoms with Gasteiger partial charge in [0.1, 0.15) is 13.6 Å². The van der Waals surface area contributed by atoms with E-state index in [2.05, 4.69) is 29.9 Å². The largest absolute Gasteiger partial charge is 0.464 e. The molecule has 0 saturated carbocycles. The van der Waals surface area contributed by atoms with Gasteiger partial charge in [0.15, 0.2) is 5.58 Å². The lowest BCUT2D eigenvalue weighted by atomic mass is 10.2.